The summed E-state index contributed by atoms with van der Waals surface area (Å²) in [6.07, 6.45) is 0. The number of hydrogen-bond acceptors (Lipinski definition) is 1. The van der Waals surface area contributed by atoms with Crippen molar-refractivity contribution in [2.75, 3.05) is 0 Å². The Balaban J connectivity index is 2.78. The average Bonchev–Trinajstić information content (AvgIpc) is 2.39. The molecule has 0 N–H and O–H groups in total. The summed E-state index contributed by atoms with van der Waals surface area (Å²) in [7, 11) is 0. The van der Waals surface area contributed by atoms with Crippen LogP contribution in [0.25, 0.3) is 11.1 Å². The van der Waals surface area contributed by atoms with Crippen LogP contribution in [0.15, 0.2) is 30.3 Å². The molecule has 0 saturated carbocycles. The number of benzene rings is 2. The van der Waals surface area contributed by atoms with Crippen LogP contribution in [0.2, 0.25) is 20.1 Å². The number of halogens is 5. The van der Waals surface area contributed by atoms with Crippen LogP contribution in [0.1, 0.15) is 0 Å². The highest BCUT2D eigenvalue weighted by Gasteiger charge is 2.22. The molecule has 0 spiro atoms. The van der Waals surface area contributed by atoms with Gasteiger partial charge in [0.05, 0.1) is 10.0 Å². The molecule has 0 heterocycles. The topological polar surface area (TPSA) is 9.23 Å². The fourth-order valence-electron chi connectivity index (χ4n) is 1.54. The van der Waals surface area contributed by atoms with E-state index in [9.17, 15) is 0 Å². The van der Waals surface area contributed by atoms with Crippen LogP contribution < -0.4 is 4.29 Å². The van der Waals surface area contributed by atoms with Gasteiger partial charge < -0.3 is 4.29 Å². The van der Waals surface area contributed by atoms with Crippen molar-refractivity contribution in [1.82, 2.24) is 0 Å². The lowest BCUT2D eigenvalue weighted by atomic mass is 10.1. The Bertz CT molecular complexity index is 554. The maximum absolute atomic E-state index is 6.18. The van der Waals surface area contributed by atoms with Gasteiger partial charge in [-0.05, 0) is 5.56 Å². The fraction of sp³-hybridized carbons (Fsp3) is 0. The average molecular weight is 342 g/mol. The van der Waals surface area contributed by atoms with E-state index >= 15 is 0 Å². The standard InChI is InChI=1S/C12H5Cl5O/c13-8-7(6-4-2-1-3-5-6)9(14)11(16)12(18-17)10(8)15/h1-5H. The van der Waals surface area contributed by atoms with Gasteiger partial charge in [0, 0.05) is 5.56 Å². The molecule has 0 aliphatic rings. The second-order valence-corrected chi connectivity index (χ2v) is 5.07. The quantitative estimate of drug-likeness (QED) is 0.566. The van der Waals surface area contributed by atoms with Crippen LogP contribution in [0.5, 0.6) is 5.75 Å². The summed E-state index contributed by atoms with van der Waals surface area (Å²) in [5.74, 6) is 0.0506. The van der Waals surface area contributed by atoms with E-state index in [1.54, 1.807) is 0 Å². The van der Waals surface area contributed by atoms with Crippen LogP contribution in [0.4, 0.5) is 0 Å². The molecule has 0 aromatic heterocycles. The first-order valence-corrected chi connectivity index (χ1v) is 6.60. The highest BCUT2D eigenvalue weighted by Crippen LogP contribution is 2.50. The smallest absolute Gasteiger partial charge is 0.186 e. The van der Waals surface area contributed by atoms with Gasteiger partial charge in [0.2, 0.25) is 0 Å². The van der Waals surface area contributed by atoms with Gasteiger partial charge in [-0.2, -0.15) is 0 Å². The largest absolute Gasteiger partial charge is 0.382 e. The predicted molar refractivity (Wildman–Crippen MR) is 78.4 cm³/mol. The highest BCUT2D eigenvalue weighted by molar-refractivity contribution is 6.51. The van der Waals surface area contributed by atoms with E-state index in [1.807, 2.05) is 30.3 Å². The van der Waals surface area contributed by atoms with Crippen molar-refractivity contribution in [3.8, 4) is 16.9 Å². The van der Waals surface area contributed by atoms with Crippen molar-refractivity contribution in [3.63, 3.8) is 0 Å². The van der Waals surface area contributed by atoms with Gasteiger partial charge in [0.25, 0.3) is 0 Å². The zero-order valence-corrected chi connectivity index (χ0v) is 12.5. The first-order valence-electron chi connectivity index (χ1n) is 4.78. The van der Waals surface area contributed by atoms with Crippen molar-refractivity contribution in [1.29, 1.82) is 0 Å². The third-order valence-electron chi connectivity index (χ3n) is 2.36. The molecule has 0 aliphatic carbocycles. The van der Waals surface area contributed by atoms with Gasteiger partial charge in [-0.25, -0.2) is 0 Å². The molecule has 18 heavy (non-hydrogen) atoms. The Hall–Kier alpha value is -0.310. The molecule has 2 aromatic carbocycles. The third-order valence-corrected chi connectivity index (χ3v) is 4.19. The fourth-order valence-corrected chi connectivity index (χ4v) is 2.90. The Labute approximate surface area is 129 Å². The van der Waals surface area contributed by atoms with Gasteiger partial charge in [0.1, 0.15) is 21.9 Å². The molecule has 6 heteroatoms. The number of rotatable bonds is 2. The molecule has 0 saturated heterocycles. The maximum atomic E-state index is 6.18. The Morgan fingerprint density at radius 3 is 1.67 bits per heavy atom. The summed E-state index contributed by atoms with van der Waals surface area (Å²) in [6.45, 7) is 0. The van der Waals surface area contributed by atoms with Crippen LogP contribution >= 0.6 is 58.3 Å². The maximum Gasteiger partial charge on any atom is 0.186 e. The summed E-state index contributed by atoms with van der Waals surface area (Å²) in [4.78, 5) is 0. The molecule has 0 atom stereocenters. The minimum Gasteiger partial charge on any atom is -0.382 e. The molecular weight excluding hydrogens is 337 g/mol. The molecule has 0 fully saturated rings. The molecule has 0 unspecified atom stereocenters. The lowest BCUT2D eigenvalue weighted by Gasteiger charge is -2.13. The summed E-state index contributed by atoms with van der Waals surface area (Å²) >= 11 is 29.7. The van der Waals surface area contributed by atoms with E-state index < -0.39 is 0 Å². The zero-order valence-electron chi connectivity index (χ0n) is 8.68. The first-order chi connectivity index (χ1) is 8.57. The van der Waals surface area contributed by atoms with Crippen LogP contribution in [-0.2, 0) is 0 Å². The first kappa shape index (κ1) is 14.1. The van der Waals surface area contributed by atoms with Crippen LogP contribution in [0.3, 0.4) is 0 Å². The predicted octanol–water partition coefficient (Wildman–Crippen LogP) is 6.50. The van der Waals surface area contributed by atoms with Crippen molar-refractivity contribution < 1.29 is 4.29 Å². The molecule has 0 bridgehead atoms. The molecule has 2 aromatic rings. The Morgan fingerprint density at radius 2 is 1.22 bits per heavy atom. The second-order valence-electron chi connectivity index (χ2n) is 3.40. The normalized spacial score (nSPS) is 10.5. The molecule has 2 rings (SSSR count). The van der Waals surface area contributed by atoms with Gasteiger partial charge in [-0.1, -0.05) is 76.7 Å². The second kappa shape index (κ2) is 5.77. The summed E-state index contributed by atoms with van der Waals surface area (Å²) in [5.41, 5.74) is 1.35. The van der Waals surface area contributed by atoms with E-state index in [0.29, 0.717) is 5.56 Å². The molecular formula is C12H5Cl5O. The van der Waals surface area contributed by atoms with Gasteiger partial charge in [-0.15, -0.1) is 0 Å². The summed E-state index contributed by atoms with van der Waals surface area (Å²) < 4.78 is 4.57. The van der Waals surface area contributed by atoms with Crippen molar-refractivity contribution >= 4 is 58.3 Å². The van der Waals surface area contributed by atoms with Gasteiger partial charge >= 0.3 is 0 Å². The SMILES string of the molecule is ClOc1c(Cl)c(Cl)c(-c2ccccc2)c(Cl)c1Cl. The third kappa shape index (κ3) is 2.38. The van der Waals surface area contributed by atoms with E-state index in [4.69, 9.17) is 58.3 Å². The Morgan fingerprint density at radius 1 is 0.722 bits per heavy atom. The molecule has 1 nitrogen and oxygen atoms in total. The van der Waals surface area contributed by atoms with E-state index in [0.717, 1.165) is 5.56 Å². The lowest BCUT2D eigenvalue weighted by Crippen LogP contribution is -1.88. The summed E-state index contributed by atoms with van der Waals surface area (Å²) in [6, 6.07) is 9.29. The van der Waals surface area contributed by atoms with Crippen molar-refractivity contribution in [2.24, 2.45) is 0 Å². The van der Waals surface area contributed by atoms with E-state index in [-0.39, 0.29) is 25.8 Å². The van der Waals surface area contributed by atoms with Crippen LogP contribution in [0, 0.1) is 0 Å². The molecule has 94 valence electrons. The van der Waals surface area contributed by atoms with Gasteiger partial charge in [-0.3, -0.25) is 0 Å². The minimum absolute atomic E-state index is 0.0506. The van der Waals surface area contributed by atoms with Gasteiger partial charge in [0.15, 0.2) is 5.75 Å². The number of hydrogen-bond donors (Lipinski definition) is 0. The molecule has 0 aliphatic heterocycles. The lowest BCUT2D eigenvalue weighted by molar-refractivity contribution is 0.620. The van der Waals surface area contributed by atoms with E-state index in [1.165, 1.54) is 0 Å². The zero-order chi connectivity index (χ0) is 13.3. The highest BCUT2D eigenvalue weighted by atomic mass is 35.5. The molecule has 0 amide bonds. The van der Waals surface area contributed by atoms with E-state index in [2.05, 4.69) is 4.29 Å². The minimum atomic E-state index is 0.0506. The molecule has 0 radical (unpaired) electrons. The van der Waals surface area contributed by atoms with Crippen LogP contribution in [-0.4, -0.2) is 0 Å². The Kier molecular flexibility index (Phi) is 4.52. The van der Waals surface area contributed by atoms with Crippen molar-refractivity contribution in [2.45, 2.75) is 0 Å². The monoisotopic (exact) mass is 340 g/mol. The van der Waals surface area contributed by atoms with Crippen molar-refractivity contribution in [3.05, 3.63) is 50.4 Å². The summed E-state index contributed by atoms with van der Waals surface area (Å²) in [5, 5.41) is 0.737.